The number of halogens is 4. The molecule has 3 nitrogen and oxygen atoms in total. The molecule has 1 heterocycles. The second-order valence-corrected chi connectivity index (χ2v) is 6.18. The van der Waals surface area contributed by atoms with Crippen LogP contribution in [0.25, 0.3) is 11.3 Å². The van der Waals surface area contributed by atoms with Gasteiger partial charge in [0.15, 0.2) is 12.2 Å². The Morgan fingerprint density at radius 3 is 2.42 bits per heavy atom. The lowest BCUT2D eigenvalue weighted by Gasteiger charge is -2.09. The van der Waals surface area contributed by atoms with Crippen molar-refractivity contribution in [2.45, 2.75) is 19.0 Å². The Kier molecular flexibility index (Phi) is 5.13. The first-order chi connectivity index (χ1) is 12.3. The van der Waals surface area contributed by atoms with Crippen molar-refractivity contribution in [1.29, 1.82) is 0 Å². The van der Waals surface area contributed by atoms with Crippen LogP contribution in [0.3, 0.4) is 0 Å². The third-order valence-electron chi connectivity index (χ3n) is 3.79. The van der Waals surface area contributed by atoms with E-state index in [1.165, 1.54) is 24.7 Å². The summed E-state index contributed by atoms with van der Waals surface area (Å²) in [5, 5.41) is 0.408. The minimum absolute atomic E-state index is 0.0760. The van der Waals surface area contributed by atoms with Crippen LogP contribution < -0.4 is 0 Å². The van der Waals surface area contributed by atoms with E-state index < -0.39 is 11.7 Å². The van der Waals surface area contributed by atoms with E-state index in [1.54, 1.807) is 18.2 Å². The Labute approximate surface area is 152 Å². The van der Waals surface area contributed by atoms with E-state index in [4.69, 9.17) is 16.0 Å². The molecule has 3 aromatic rings. The molecule has 0 unspecified atom stereocenters. The maximum atomic E-state index is 12.7. The van der Waals surface area contributed by atoms with Crippen molar-refractivity contribution < 1.29 is 22.4 Å². The van der Waals surface area contributed by atoms with Gasteiger partial charge in [0, 0.05) is 18.4 Å². The van der Waals surface area contributed by atoms with Crippen LogP contribution in [0.15, 0.2) is 59.5 Å². The summed E-state index contributed by atoms with van der Waals surface area (Å²) in [5.74, 6) is 0.310. The molecular formula is C19H13ClF3NO2. The van der Waals surface area contributed by atoms with Gasteiger partial charge in [0.2, 0.25) is 0 Å². The lowest BCUT2D eigenvalue weighted by molar-refractivity contribution is -0.137. The van der Waals surface area contributed by atoms with Gasteiger partial charge in [-0.2, -0.15) is 13.2 Å². The predicted molar refractivity (Wildman–Crippen MR) is 90.8 cm³/mol. The molecule has 0 amide bonds. The Morgan fingerprint density at radius 2 is 1.81 bits per heavy atom. The SMILES string of the molecule is O=C(Cc1cccc(C(F)(F)F)c1)Cc1ccc(-c2cnco2)c(Cl)c1. The fourth-order valence-corrected chi connectivity index (χ4v) is 2.89. The molecule has 3 rings (SSSR count). The van der Waals surface area contributed by atoms with E-state index in [9.17, 15) is 18.0 Å². The quantitative estimate of drug-likeness (QED) is 0.598. The molecule has 0 aliphatic heterocycles. The molecule has 0 saturated heterocycles. The number of carbonyl (C=O) groups is 1. The lowest BCUT2D eigenvalue weighted by Crippen LogP contribution is -2.09. The van der Waals surface area contributed by atoms with Crippen LogP contribution in [-0.4, -0.2) is 10.8 Å². The highest BCUT2D eigenvalue weighted by Crippen LogP contribution is 2.30. The summed E-state index contributed by atoms with van der Waals surface area (Å²) in [6.45, 7) is 0. The van der Waals surface area contributed by atoms with Crippen LogP contribution >= 0.6 is 11.6 Å². The monoisotopic (exact) mass is 379 g/mol. The molecule has 0 spiro atoms. The largest absolute Gasteiger partial charge is 0.443 e. The first-order valence-corrected chi connectivity index (χ1v) is 8.06. The molecule has 7 heteroatoms. The number of nitrogens with zero attached hydrogens (tertiary/aromatic N) is 1. The third-order valence-corrected chi connectivity index (χ3v) is 4.10. The molecule has 0 fully saturated rings. The summed E-state index contributed by atoms with van der Waals surface area (Å²) in [5.41, 5.74) is 0.893. The Hall–Kier alpha value is -2.60. The summed E-state index contributed by atoms with van der Waals surface area (Å²) in [6, 6.07) is 9.88. The van der Waals surface area contributed by atoms with E-state index >= 15 is 0 Å². The molecule has 0 saturated carbocycles. The van der Waals surface area contributed by atoms with Crippen molar-refractivity contribution >= 4 is 17.4 Å². The number of hydrogen-bond donors (Lipinski definition) is 0. The van der Waals surface area contributed by atoms with Gasteiger partial charge in [-0.25, -0.2) is 4.98 Å². The van der Waals surface area contributed by atoms with Gasteiger partial charge in [-0.15, -0.1) is 0 Å². The normalized spacial score (nSPS) is 11.5. The first kappa shape index (κ1) is 18.2. The number of rotatable bonds is 5. The summed E-state index contributed by atoms with van der Waals surface area (Å²) >= 11 is 6.21. The van der Waals surface area contributed by atoms with Crippen molar-refractivity contribution in [2.75, 3.05) is 0 Å². The number of aromatic nitrogens is 1. The van der Waals surface area contributed by atoms with Crippen LogP contribution in [0.1, 0.15) is 16.7 Å². The Balaban J connectivity index is 1.70. The molecular weight excluding hydrogens is 367 g/mol. The van der Waals surface area contributed by atoms with E-state index in [1.807, 2.05) is 0 Å². The topological polar surface area (TPSA) is 43.1 Å². The maximum absolute atomic E-state index is 12.7. The zero-order valence-electron chi connectivity index (χ0n) is 13.4. The number of Topliss-reactive ketones (excluding diaryl/α,β-unsaturated/α-hetero) is 1. The molecule has 0 aliphatic carbocycles. The number of carbonyl (C=O) groups excluding carboxylic acids is 1. The highest BCUT2D eigenvalue weighted by molar-refractivity contribution is 6.33. The second kappa shape index (κ2) is 7.33. The number of hydrogen-bond acceptors (Lipinski definition) is 3. The molecule has 2 aromatic carbocycles. The summed E-state index contributed by atoms with van der Waals surface area (Å²) in [4.78, 5) is 16.0. The molecule has 1 aromatic heterocycles. The maximum Gasteiger partial charge on any atom is 0.416 e. The molecule has 134 valence electrons. The summed E-state index contributed by atoms with van der Waals surface area (Å²) in [7, 11) is 0. The van der Waals surface area contributed by atoms with Crippen molar-refractivity contribution in [3.63, 3.8) is 0 Å². The predicted octanol–water partition coefficient (Wildman–Crippen LogP) is 5.37. The van der Waals surface area contributed by atoms with Gasteiger partial charge in [-0.05, 0) is 29.3 Å². The smallest absolute Gasteiger partial charge is 0.416 e. The zero-order chi connectivity index (χ0) is 18.7. The van der Waals surface area contributed by atoms with Crippen LogP contribution in [-0.2, 0) is 23.8 Å². The van der Waals surface area contributed by atoms with Gasteiger partial charge in [0.1, 0.15) is 5.78 Å². The fraction of sp³-hybridized carbons (Fsp3) is 0.158. The number of benzene rings is 2. The first-order valence-electron chi connectivity index (χ1n) is 7.68. The third kappa shape index (κ3) is 4.32. The second-order valence-electron chi connectivity index (χ2n) is 5.77. The fourth-order valence-electron chi connectivity index (χ4n) is 2.59. The van der Waals surface area contributed by atoms with E-state index in [0.29, 0.717) is 27.5 Å². The summed E-state index contributed by atoms with van der Waals surface area (Å²) in [6.07, 6.45) is -1.61. The van der Waals surface area contributed by atoms with Gasteiger partial charge in [0.05, 0.1) is 16.8 Å². The van der Waals surface area contributed by atoms with Crippen LogP contribution in [0.2, 0.25) is 5.02 Å². The molecule has 0 bridgehead atoms. The van der Waals surface area contributed by atoms with Crippen molar-refractivity contribution in [3.8, 4) is 11.3 Å². The van der Waals surface area contributed by atoms with Gasteiger partial charge in [-0.1, -0.05) is 35.9 Å². The average molecular weight is 380 g/mol. The van der Waals surface area contributed by atoms with Crippen LogP contribution in [0.4, 0.5) is 13.2 Å². The number of oxazole rings is 1. The minimum Gasteiger partial charge on any atom is -0.443 e. The lowest BCUT2D eigenvalue weighted by atomic mass is 10.00. The van der Waals surface area contributed by atoms with Crippen LogP contribution in [0, 0.1) is 0 Å². The van der Waals surface area contributed by atoms with Crippen molar-refractivity contribution in [2.24, 2.45) is 0 Å². The summed E-state index contributed by atoms with van der Waals surface area (Å²) < 4.78 is 43.4. The number of alkyl halides is 3. The zero-order valence-corrected chi connectivity index (χ0v) is 14.1. The molecule has 0 N–H and O–H groups in total. The van der Waals surface area contributed by atoms with E-state index in [2.05, 4.69) is 4.98 Å². The average Bonchev–Trinajstić information content (AvgIpc) is 3.08. The van der Waals surface area contributed by atoms with Gasteiger partial charge in [0.25, 0.3) is 0 Å². The highest BCUT2D eigenvalue weighted by Gasteiger charge is 2.30. The molecule has 0 atom stereocenters. The van der Waals surface area contributed by atoms with Gasteiger partial charge < -0.3 is 4.42 Å². The molecule has 0 radical (unpaired) electrons. The molecule has 26 heavy (non-hydrogen) atoms. The van der Waals surface area contributed by atoms with E-state index in [-0.39, 0.29) is 18.6 Å². The Bertz CT molecular complexity index is 921. The Morgan fingerprint density at radius 1 is 1.08 bits per heavy atom. The highest BCUT2D eigenvalue weighted by atomic mass is 35.5. The van der Waals surface area contributed by atoms with Gasteiger partial charge >= 0.3 is 6.18 Å². The molecule has 0 aliphatic rings. The standard InChI is InChI=1S/C19H13ClF3NO2/c20-17-9-13(4-5-16(17)18-10-24-11-26-18)8-15(25)7-12-2-1-3-14(6-12)19(21,22)23/h1-6,9-11H,7-8H2. The van der Waals surface area contributed by atoms with E-state index in [0.717, 1.165) is 12.1 Å². The van der Waals surface area contributed by atoms with Crippen molar-refractivity contribution in [1.82, 2.24) is 4.98 Å². The minimum atomic E-state index is -4.43. The van der Waals surface area contributed by atoms with Gasteiger partial charge in [-0.3, -0.25) is 4.79 Å². The van der Waals surface area contributed by atoms with Crippen LogP contribution in [0.5, 0.6) is 0 Å². The van der Waals surface area contributed by atoms with Crippen molar-refractivity contribution in [3.05, 3.63) is 76.8 Å². The number of ketones is 1.